The van der Waals surface area contributed by atoms with Gasteiger partial charge in [-0.1, -0.05) is 51.1 Å². The van der Waals surface area contributed by atoms with E-state index in [0.29, 0.717) is 5.11 Å². The Morgan fingerprint density at radius 3 is 2.57 bits per heavy atom. The molecular formula is C16H21N3S2. The smallest absolute Gasteiger partial charge is 0.189 e. The fourth-order valence-corrected chi connectivity index (χ4v) is 2.99. The first kappa shape index (κ1) is 15.9. The summed E-state index contributed by atoms with van der Waals surface area (Å²) < 4.78 is 0. The molecule has 2 rings (SSSR count). The molecule has 0 aliphatic heterocycles. The van der Waals surface area contributed by atoms with Gasteiger partial charge in [0.25, 0.3) is 0 Å². The van der Waals surface area contributed by atoms with Crippen molar-refractivity contribution < 1.29 is 0 Å². The second-order valence-electron chi connectivity index (χ2n) is 5.90. The Labute approximate surface area is 135 Å². The highest BCUT2D eigenvalue weighted by Crippen LogP contribution is 2.26. The van der Waals surface area contributed by atoms with Gasteiger partial charge in [0.15, 0.2) is 10.2 Å². The number of hydrogen-bond acceptors (Lipinski definition) is 3. The third kappa shape index (κ3) is 5.10. The quantitative estimate of drug-likeness (QED) is 0.836. The number of anilines is 1. The van der Waals surface area contributed by atoms with Crippen molar-refractivity contribution in [3.8, 4) is 0 Å². The Hall–Kier alpha value is -1.46. The van der Waals surface area contributed by atoms with Gasteiger partial charge >= 0.3 is 0 Å². The van der Waals surface area contributed by atoms with Gasteiger partial charge in [-0.3, -0.25) is 0 Å². The molecule has 0 aliphatic carbocycles. The van der Waals surface area contributed by atoms with Crippen LogP contribution in [0.3, 0.4) is 0 Å². The van der Waals surface area contributed by atoms with Crippen molar-refractivity contribution in [3.63, 3.8) is 0 Å². The second-order valence-corrected chi connectivity index (χ2v) is 7.17. The highest BCUT2D eigenvalue weighted by atomic mass is 32.1. The molecule has 112 valence electrons. The SMILES string of the molecule is CC(C)(C)c1csc(NC(=S)NCCc2ccccc2)n1. The van der Waals surface area contributed by atoms with Crippen molar-refractivity contribution in [3.05, 3.63) is 47.0 Å². The summed E-state index contributed by atoms with van der Waals surface area (Å²) in [6.07, 6.45) is 0.952. The molecule has 0 bridgehead atoms. The van der Waals surface area contributed by atoms with Crippen LogP contribution >= 0.6 is 23.6 Å². The first-order valence-electron chi connectivity index (χ1n) is 7.00. The van der Waals surface area contributed by atoms with Gasteiger partial charge in [-0.2, -0.15) is 0 Å². The molecule has 0 fully saturated rings. The molecule has 1 aromatic heterocycles. The highest BCUT2D eigenvalue weighted by molar-refractivity contribution is 7.80. The van der Waals surface area contributed by atoms with E-state index < -0.39 is 0 Å². The lowest BCUT2D eigenvalue weighted by atomic mass is 9.93. The molecule has 21 heavy (non-hydrogen) atoms. The Morgan fingerprint density at radius 2 is 1.95 bits per heavy atom. The zero-order valence-electron chi connectivity index (χ0n) is 12.6. The van der Waals surface area contributed by atoms with Gasteiger partial charge in [-0.25, -0.2) is 4.98 Å². The van der Waals surface area contributed by atoms with Crippen molar-refractivity contribution >= 4 is 33.8 Å². The number of nitrogens with zero attached hydrogens (tertiary/aromatic N) is 1. The topological polar surface area (TPSA) is 37.0 Å². The van der Waals surface area contributed by atoms with Crippen LogP contribution in [0, 0.1) is 0 Å². The zero-order valence-corrected chi connectivity index (χ0v) is 14.3. The van der Waals surface area contributed by atoms with Gasteiger partial charge < -0.3 is 10.6 Å². The molecule has 2 aromatic rings. The summed E-state index contributed by atoms with van der Waals surface area (Å²) in [4.78, 5) is 4.57. The van der Waals surface area contributed by atoms with Gasteiger partial charge in [0.05, 0.1) is 5.69 Å². The predicted octanol–water partition coefficient (Wildman–Crippen LogP) is 3.97. The van der Waals surface area contributed by atoms with Gasteiger partial charge in [-0.05, 0) is 24.2 Å². The number of nitrogens with one attached hydrogen (secondary N) is 2. The molecule has 0 aliphatic rings. The molecule has 0 saturated carbocycles. The number of aromatic nitrogens is 1. The molecular weight excluding hydrogens is 298 g/mol. The maximum Gasteiger partial charge on any atom is 0.189 e. The van der Waals surface area contributed by atoms with Gasteiger partial charge in [0, 0.05) is 17.3 Å². The van der Waals surface area contributed by atoms with Crippen molar-refractivity contribution in [2.24, 2.45) is 0 Å². The van der Waals surface area contributed by atoms with E-state index in [0.717, 1.165) is 23.8 Å². The first-order chi connectivity index (χ1) is 9.95. The molecule has 2 N–H and O–H groups in total. The van der Waals surface area contributed by atoms with E-state index in [9.17, 15) is 0 Å². The van der Waals surface area contributed by atoms with Crippen LogP contribution in [0.2, 0.25) is 0 Å². The maximum atomic E-state index is 5.30. The van der Waals surface area contributed by atoms with E-state index in [1.54, 1.807) is 11.3 Å². The first-order valence-corrected chi connectivity index (χ1v) is 8.29. The fraction of sp³-hybridized carbons (Fsp3) is 0.375. The summed E-state index contributed by atoms with van der Waals surface area (Å²) in [5.41, 5.74) is 2.46. The molecule has 1 heterocycles. The summed E-state index contributed by atoms with van der Waals surface area (Å²) >= 11 is 6.88. The molecule has 0 atom stereocenters. The molecule has 0 saturated heterocycles. The lowest BCUT2D eigenvalue weighted by Gasteiger charge is -2.14. The van der Waals surface area contributed by atoms with Crippen molar-refractivity contribution in [1.82, 2.24) is 10.3 Å². The van der Waals surface area contributed by atoms with E-state index in [2.05, 4.69) is 66.0 Å². The summed E-state index contributed by atoms with van der Waals surface area (Å²) in [5.74, 6) is 0. The minimum absolute atomic E-state index is 0.0682. The Balaban J connectivity index is 1.78. The van der Waals surface area contributed by atoms with Crippen molar-refractivity contribution in [1.29, 1.82) is 0 Å². The third-order valence-corrected chi connectivity index (χ3v) is 4.04. The standard InChI is InChI=1S/C16H21N3S2/c1-16(2,3)13-11-21-15(18-13)19-14(20)17-10-9-12-7-5-4-6-8-12/h4-8,11H,9-10H2,1-3H3,(H2,17,18,19,20). The Morgan fingerprint density at radius 1 is 1.24 bits per heavy atom. The van der Waals surface area contributed by atoms with Crippen LogP contribution < -0.4 is 10.6 Å². The number of rotatable bonds is 4. The lowest BCUT2D eigenvalue weighted by molar-refractivity contribution is 0.573. The van der Waals surface area contributed by atoms with E-state index in [-0.39, 0.29) is 5.41 Å². The van der Waals surface area contributed by atoms with Gasteiger partial charge in [0.1, 0.15) is 0 Å². The van der Waals surface area contributed by atoms with Crippen LogP contribution in [0.25, 0.3) is 0 Å². The zero-order chi connectivity index (χ0) is 15.3. The van der Waals surface area contributed by atoms with E-state index in [1.807, 2.05) is 6.07 Å². The number of hydrogen-bond donors (Lipinski definition) is 2. The third-order valence-electron chi connectivity index (χ3n) is 3.04. The molecule has 0 amide bonds. The summed E-state index contributed by atoms with van der Waals surface area (Å²) in [6, 6.07) is 10.4. The monoisotopic (exact) mass is 319 g/mol. The Kier molecular flexibility index (Phi) is 5.31. The van der Waals surface area contributed by atoms with Crippen LogP contribution in [0.1, 0.15) is 32.0 Å². The van der Waals surface area contributed by atoms with Gasteiger partial charge in [0.2, 0.25) is 0 Å². The minimum atomic E-state index is 0.0682. The predicted molar refractivity (Wildman–Crippen MR) is 95.2 cm³/mol. The number of thiazole rings is 1. The Bertz CT molecular complexity index is 585. The molecule has 1 aromatic carbocycles. The molecule has 0 radical (unpaired) electrons. The molecule has 0 spiro atoms. The van der Waals surface area contributed by atoms with Crippen molar-refractivity contribution in [2.45, 2.75) is 32.6 Å². The van der Waals surface area contributed by atoms with Crippen molar-refractivity contribution in [2.75, 3.05) is 11.9 Å². The van der Waals surface area contributed by atoms with E-state index in [1.165, 1.54) is 5.56 Å². The van der Waals surface area contributed by atoms with Crippen LogP contribution in [-0.2, 0) is 11.8 Å². The van der Waals surface area contributed by atoms with Crippen LogP contribution in [0.4, 0.5) is 5.13 Å². The van der Waals surface area contributed by atoms with Crippen LogP contribution in [0.5, 0.6) is 0 Å². The van der Waals surface area contributed by atoms with Crippen LogP contribution in [-0.4, -0.2) is 16.6 Å². The van der Waals surface area contributed by atoms with Crippen LogP contribution in [0.15, 0.2) is 35.7 Å². The second kappa shape index (κ2) is 7.00. The molecule has 3 nitrogen and oxygen atoms in total. The normalized spacial score (nSPS) is 11.2. The van der Waals surface area contributed by atoms with E-state index in [4.69, 9.17) is 12.2 Å². The highest BCUT2D eigenvalue weighted by Gasteiger charge is 2.17. The summed E-state index contributed by atoms with van der Waals surface area (Å²) in [7, 11) is 0. The number of thiocarbonyl (C=S) groups is 1. The average Bonchev–Trinajstić information content (AvgIpc) is 2.88. The largest absolute Gasteiger partial charge is 0.362 e. The molecule has 5 heteroatoms. The minimum Gasteiger partial charge on any atom is -0.362 e. The fourth-order valence-electron chi connectivity index (χ4n) is 1.78. The summed E-state index contributed by atoms with van der Waals surface area (Å²) in [6.45, 7) is 7.28. The lowest BCUT2D eigenvalue weighted by Crippen LogP contribution is -2.30. The summed E-state index contributed by atoms with van der Waals surface area (Å²) in [5, 5.41) is 9.91. The van der Waals surface area contributed by atoms with E-state index >= 15 is 0 Å². The average molecular weight is 319 g/mol. The molecule has 0 unspecified atom stereocenters. The van der Waals surface area contributed by atoms with Gasteiger partial charge in [-0.15, -0.1) is 11.3 Å². The number of benzene rings is 1. The maximum absolute atomic E-state index is 5.30.